The van der Waals surface area contributed by atoms with Crippen LogP contribution in [0.2, 0.25) is 0 Å². The van der Waals surface area contributed by atoms with E-state index in [4.69, 9.17) is 9.05 Å². The number of esters is 2. The first-order valence-corrected chi connectivity index (χ1v) is 6.07. The zero-order valence-electron chi connectivity index (χ0n) is 9.89. The molecule has 0 aliphatic carbocycles. The fraction of sp³-hybridized carbons (Fsp3) is 0.778. The molecule has 0 aromatic rings. The Labute approximate surface area is 96.1 Å². The molecule has 94 valence electrons. The number of hydrogen-bond donors (Lipinski definition) is 0. The quantitative estimate of drug-likeness (QED) is 0.383. The number of rotatable bonds is 7. The highest BCUT2D eigenvalue weighted by molar-refractivity contribution is 7.50. The summed E-state index contributed by atoms with van der Waals surface area (Å²) in [5, 5.41) is 0. The molecule has 0 amide bonds. The van der Waals surface area contributed by atoms with E-state index in [1.54, 1.807) is 13.8 Å². The van der Waals surface area contributed by atoms with Gasteiger partial charge >= 0.3 is 11.9 Å². The molecule has 7 heteroatoms. The van der Waals surface area contributed by atoms with Crippen molar-refractivity contribution >= 4 is 20.3 Å². The minimum Gasteiger partial charge on any atom is -0.468 e. The predicted octanol–water partition coefficient (Wildman–Crippen LogP) is 1.09. The lowest BCUT2D eigenvalue weighted by molar-refractivity contribution is -0.151. The molecule has 0 unspecified atom stereocenters. The second-order valence-electron chi connectivity index (χ2n) is 2.57. The fourth-order valence-corrected chi connectivity index (χ4v) is 2.37. The molecule has 0 atom stereocenters. The molecule has 0 radical (unpaired) electrons. The van der Waals surface area contributed by atoms with Gasteiger partial charge in [-0.1, -0.05) is 0 Å². The van der Waals surface area contributed by atoms with E-state index in [1.165, 1.54) is 14.2 Å². The van der Waals surface area contributed by atoms with Gasteiger partial charge < -0.3 is 18.5 Å². The van der Waals surface area contributed by atoms with E-state index >= 15 is 0 Å². The molecule has 0 rings (SSSR count). The maximum Gasteiger partial charge on any atom is 0.329 e. The molecule has 0 aliphatic rings. The van der Waals surface area contributed by atoms with Crippen LogP contribution in [0.3, 0.4) is 0 Å². The van der Waals surface area contributed by atoms with Gasteiger partial charge in [0.2, 0.25) is 5.66 Å². The smallest absolute Gasteiger partial charge is 0.329 e. The van der Waals surface area contributed by atoms with Gasteiger partial charge in [0.25, 0.3) is 0 Å². The molecule has 16 heavy (non-hydrogen) atoms. The molecule has 0 aliphatic heterocycles. The molecule has 0 spiro atoms. The van der Waals surface area contributed by atoms with Gasteiger partial charge in [0.15, 0.2) is 8.38 Å². The summed E-state index contributed by atoms with van der Waals surface area (Å²) >= 11 is 0. The summed E-state index contributed by atoms with van der Waals surface area (Å²) in [6.07, 6.45) is 0. The van der Waals surface area contributed by atoms with Gasteiger partial charge in [-0.3, -0.25) is 9.59 Å². The van der Waals surface area contributed by atoms with E-state index in [0.717, 1.165) is 0 Å². The minimum atomic E-state index is -1.66. The normalized spacial score (nSPS) is 10.6. The molecule has 0 N–H and O–H groups in total. The average Bonchev–Trinajstić information content (AvgIpc) is 2.29. The summed E-state index contributed by atoms with van der Waals surface area (Å²) in [4.78, 5) is 22.9. The number of carbonyl (C=O) groups excluding carboxylic acids is 2. The van der Waals surface area contributed by atoms with Crippen molar-refractivity contribution in [2.75, 3.05) is 27.4 Å². The molecule has 0 aromatic carbocycles. The van der Waals surface area contributed by atoms with Gasteiger partial charge in [0.05, 0.1) is 27.4 Å². The van der Waals surface area contributed by atoms with Crippen LogP contribution >= 0.6 is 8.38 Å². The Balaban J connectivity index is 4.79. The summed E-state index contributed by atoms with van der Waals surface area (Å²) in [5.74, 6) is -1.42. The van der Waals surface area contributed by atoms with Crippen LogP contribution in [0.4, 0.5) is 0 Å². The highest BCUT2D eigenvalue weighted by Crippen LogP contribution is 2.44. The van der Waals surface area contributed by atoms with E-state index in [9.17, 15) is 9.59 Å². The van der Waals surface area contributed by atoms with E-state index in [2.05, 4.69) is 9.47 Å². The Morgan fingerprint density at radius 3 is 1.62 bits per heavy atom. The second kappa shape index (κ2) is 8.44. The van der Waals surface area contributed by atoms with Crippen molar-refractivity contribution < 1.29 is 28.1 Å². The van der Waals surface area contributed by atoms with Crippen LogP contribution in [0, 0.1) is 0 Å². The van der Waals surface area contributed by atoms with Gasteiger partial charge in [-0.05, 0) is 13.8 Å². The van der Waals surface area contributed by atoms with E-state index in [-0.39, 0.29) is 0 Å². The van der Waals surface area contributed by atoms with E-state index < -0.39 is 26.0 Å². The van der Waals surface area contributed by atoms with Crippen LogP contribution in [0.5, 0.6) is 0 Å². The highest BCUT2D eigenvalue weighted by Gasteiger charge is 2.39. The minimum absolute atomic E-state index is 0.343. The Morgan fingerprint density at radius 2 is 1.38 bits per heavy atom. The van der Waals surface area contributed by atoms with E-state index in [1.807, 2.05) is 0 Å². The SMILES string of the molecule is CCOP(OCC)C(C(=O)OC)C(=O)OC. The van der Waals surface area contributed by atoms with Gasteiger partial charge in [-0.15, -0.1) is 0 Å². The Morgan fingerprint density at radius 1 is 1.00 bits per heavy atom. The maximum atomic E-state index is 11.4. The Bertz CT molecular complexity index is 210. The van der Waals surface area contributed by atoms with Crippen molar-refractivity contribution in [2.45, 2.75) is 19.5 Å². The number of hydrogen-bond acceptors (Lipinski definition) is 6. The Kier molecular flexibility index (Phi) is 8.07. The van der Waals surface area contributed by atoms with Crippen molar-refractivity contribution in [3.8, 4) is 0 Å². The summed E-state index contributed by atoms with van der Waals surface area (Å²) in [7, 11) is 0.732. The van der Waals surface area contributed by atoms with Crippen molar-refractivity contribution in [3.63, 3.8) is 0 Å². The lowest BCUT2D eigenvalue weighted by atomic mass is 10.4. The van der Waals surface area contributed by atoms with Gasteiger partial charge in [0.1, 0.15) is 0 Å². The van der Waals surface area contributed by atoms with Crippen LogP contribution in [0.25, 0.3) is 0 Å². The molecule has 0 saturated heterocycles. The average molecular weight is 252 g/mol. The zero-order valence-corrected chi connectivity index (χ0v) is 10.8. The number of carbonyl (C=O) groups is 2. The fourth-order valence-electron chi connectivity index (χ4n) is 0.932. The molecule has 6 nitrogen and oxygen atoms in total. The standard InChI is InChI=1S/C9H17O6P/c1-5-14-16(15-6-2)7(8(10)12-3)9(11)13-4/h7H,5-6H2,1-4H3. The first-order valence-electron chi connectivity index (χ1n) is 4.83. The van der Waals surface area contributed by atoms with Gasteiger partial charge in [-0.2, -0.15) is 0 Å². The Hall–Kier alpha value is -0.710. The second-order valence-corrected chi connectivity index (χ2v) is 4.17. The summed E-state index contributed by atoms with van der Waals surface area (Å²) in [5.41, 5.74) is -1.15. The van der Waals surface area contributed by atoms with Crippen molar-refractivity contribution in [2.24, 2.45) is 0 Å². The summed E-state index contributed by atoms with van der Waals surface area (Å²) < 4.78 is 19.5. The predicted molar refractivity (Wildman–Crippen MR) is 58.0 cm³/mol. The van der Waals surface area contributed by atoms with Crippen molar-refractivity contribution in [1.29, 1.82) is 0 Å². The highest BCUT2D eigenvalue weighted by atomic mass is 31.2. The van der Waals surface area contributed by atoms with E-state index in [0.29, 0.717) is 13.2 Å². The molecule has 0 saturated carbocycles. The molecular weight excluding hydrogens is 235 g/mol. The van der Waals surface area contributed by atoms with Crippen molar-refractivity contribution in [3.05, 3.63) is 0 Å². The molecule has 0 bridgehead atoms. The van der Waals surface area contributed by atoms with Crippen LogP contribution in [0.1, 0.15) is 13.8 Å². The van der Waals surface area contributed by atoms with Gasteiger partial charge in [0, 0.05) is 0 Å². The van der Waals surface area contributed by atoms with Crippen LogP contribution in [-0.4, -0.2) is 45.0 Å². The lowest BCUT2D eigenvalue weighted by Crippen LogP contribution is -2.32. The van der Waals surface area contributed by atoms with Gasteiger partial charge in [-0.25, -0.2) is 0 Å². The van der Waals surface area contributed by atoms with Crippen molar-refractivity contribution in [1.82, 2.24) is 0 Å². The first-order chi connectivity index (χ1) is 7.62. The largest absolute Gasteiger partial charge is 0.468 e. The topological polar surface area (TPSA) is 71.1 Å². The van der Waals surface area contributed by atoms with Crippen LogP contribution in [0.15, 0.2) is 0 Å². The molecule has 0 fully saturated rings. The summed E-state index contributed by atoms with van der Waals surface area (Å²) in [6, 6.07) is 0. The first kappa shape index (κ1) is 15.3. The monoisotopic (exact) mass is 252 g/mol. The molecule has 0 heterocycles. The van der Waals surface area contributed by atoms with Crippen LogP contribution in [-0.2, 0) is 28.1 Å². The maximum absolute atomic E-state index is 11.4. The lowest BCUT2D eigenvalue weighted by Gasteiger charge is -2.21. The third-order valence-electron chi connectivity index (χ3n) is 1.57. The molecular formula is C9H17O6P. The number of methoxy groups -OCH3 is 2. The summed E-state index contributed by atoms with van der Waals surface area (Å²) in [6.45, 7) is 4.19. The number of ether oxygens (including phenoxy) is 2. The third-order valence-corrected chi connectivity index (χ3v) is 3.44. The van der Waals surface area contributed by atoms with Crippen LogP contribution < -0.4 is 0 Å². The third kappa shape index (κ3) is 4.43. The zero-order chi connectivity index (χ0) is 12.6. The molecule has 0 aromatic heterocycles.